The molecule has 0 amide bonds. The first kappa shape index (κ1) is 11.4. The number of methoxy groups -OCH3 is 1. The summed E-state index contributed by atoms with van der Waals surface area (Å²) in [4.78, 5) is 10.8. The van der Waals surface area contributed by atoms with Crippen LogP contribution in [-0.4, -0.2) is 23.2 Å². The van der Waals surface area contributed by atoms with Crippen molar-refractivity contribution >= 4 is 6.29 Å². The smallest absolute Gasteiger partial charge is 0.170 e. The molecule has 1 aromatic carbocycles. The van der Waals surface area contributed by atoms with Crippen LogP contribution < -0.4 is 4.74 Å². The fourth-order valence-electron chi connectivity index (χ4n) is 1.76. The van der Waals surface area contributed by atoms with Gasteiger partial charge in [-0.05, 0) is 24.6 Å². The Morgan fingerprint density at radius 3 is 2.82 bits per heavy atom. The molecule has 0 bridgehead atoms. The van der Waals surface area contributed by atoms with Crippen molar-refractivity contribution in [3.8, 4) is 11.4 Å². The summed E-state index contributed by atoms with van der Waals surface area (Å²) in [5.41, 5.74) is 2.27. The summed E-state index contributed by atoms with van der Waals surface area (Å²) in [5.74, 6) is 0.739. The molecule has 0 spiro atoms. The van der Waals surface area contributed by atoms with Crippen LogP contribution in [-0.2, 0) is 6.42 Å². The first-order valence-corrected chi connectivity index (χ1v) is 5.47. The molecule has 0 N–H and O–H groups in total. The number of aromatic nitrogens is 2. The monoisotopic (exact) mass is 230 g/mol. The maximum atomic E-state index is 10.8. The van der Waals surface area contributed by atoms with Gasteiger partial charge in [0.05, 0.1) is 7.11 Å². The average molecular weight is 230 g/mol. The van der Waals surface area contributed by atoms with Gasteiger partial charge in [-0.3, -0.25) is 4.79 Å². The fraction of sp³-hybridized carbons (Fsp3) is 0.231. The van der Waals surface area contributed by atoms with Crippen LogP contribution in [0.5, 0.6) is 5.75 Å². The molecule has 0 atom stereocenters. The number of benzene rings is 1. The zero-order chi connectivity index (χ0) is 12.3. The van der Waals surface area contributed by atoms with Gasteiger partial charge in [-0.1, -0.05) is 19.1 Å². The third-order valence-corrected chi connectivity index (χ3v) is 2.60. The molecule has 0 aliphatic carbocycles. The summed E-state index contributed by atoms with van der Waals surface area (Å²) in [6.45, 7) is 2.03. The molecule has 1 heterocycles. The van der Waals surface area contributed by atoms with E-state index in [1.807, 2.05) is 31.2 Å². The Bertz CT molecular complexity index is 532. The highest BCUT2D eigenvalue weighted by Crippen LogP contribution is 2.23. The van der Waals surface area contributed by atoms with Crippen LogP contribution in [0.1, 0.15) is 23.1 Å². The molecular weight excluding hydrogens is 216 g/mol. The van der Waals surface area contributed by atoms with Crippen molar-refractivity contribution in [2.24, 2.45) is 0 Å². The van der Waals surface area contributed by atoms with E-state index in [1.165, 1.54) is 0 Å². The van der Waals surface area contributed by atoms with Gasteiger partial charge in [0.25, 0.3) is 0 Å². The predicted octanol–water partition coefficient (Wildman–Crippen LogP) is 2.26. The van der Waals surface area contributed by atoms with E-state index in [1.54, 1.807) is 17.9 Å². The molecule has 88 valence electrons. The molecule has 0 radical (unpaired) electrons. The quantitative estimate of drug-likeness (QED) is 0.757. The first-order chi connectivity index (χ1) is 8.30. The van der Waals surface area contributed by atoms with Gasteiger partial charge in [0, 0.05) is 5.69 Å². The topological polar surface area (TPSA) is 44.1 Å². The normalized spacial score (nSPS) is 10.2. The van der Waals surface area contributed by atoms with Crippen LogP contribution in [0.2, 0.25) is 0 Å². The lowest BCUT2D eigenvalue weighted by atomic mass is 10.2. The van der Waals surface area contributed by atoms with E-state index >= 15 is 0 Å². The summed E-state index contributed by atoms with van der Waals surface area (Å²) in [6, 6.07) is 9.40. The maximum Gasteiger partial charge on any atom is 0.170 e. The zero-order valence-corrected chi connectivity index (χ0v) is 9.88. The lowest BCUT2D eigenvalue weighted by Gasteiger charge is -2.10. The SMILES string of the molecule is CCc1cc(C=O)nn1-c1ccccc1OC. The van der Waals surface area contributed by atoms with Gasteiger partial charge in [0.2, 0.25) is 0 Å². The highest BCUT2D eigenvalue weighted by atomic mass is 16.5. The van der Waals surface area contributed by atoms with Crippen molar-refractivity contribution in [2.75, 3.05) is 7.11 Å². The molecule has 2 rings (SSSR count). The molecule has 1 aromatic heterocycles. The number of rotatable bonds is 4. The fourth-order valence-corrected chi connectivity index (χ4v) is 1.76. The summed E-state index contributed by atoms with van der Waals surface area (Å²) < 4.78 is 7.05. The number of hydrogen-bond donors (Lipinski definition) is 0. The molecule has 0 aliphatic rings. The van der Waals surface area contributed by atoms with Gasteiger partial charge >= 0.3 is 0 Å². The molecule has 0 fully saturated rings. The van der Waals surface area contributed by atoms with E-state index in [9.17, 15) is 4.79 Å². The Kier molecular flexibility index (Phi) is 3.23. The van der Waals surface area contributed by atoms with Crippen molar-refractivity contribution in [1.29, 1.82) is 0 Å². The van der Waals surface area contributed by atoms with Gasteiger partial charge in [-0.15, -0.1) is 0 Å². The number of para-hydroxylation sites is 2. The van der Waals surface area contributed by atoms with Crippen LogP contribution in [0.15, 0.2) is 30.3 Å². The second kappa shape index (κ2) is 4.82. The number of ether oxygens (including phenoxy) is 1. The first-order valence-electron chi connectivity index (χ1n) is 5.47. The van der Waals surface area contributed by atoms with Crippen molar-refractivity contribution in [3.63, 3.8) is 0 Å². The van der Waals surface area contributed by atoms with Crippen molar-refractivity contribution in [3.05, 3.63) is 41.7 Å². The van der Waals surface area contributed by atoms with Crippen LogP contribution >= 0.6 is 0 Å². The Hall–Kier alpha value is -2.10. The third kappa shape index (κ3) is 2.06. The molecule has 4 nitrogen and oxygen atoms in total. The largest absolute Gasteiger partial charge is 0.494 e. The molecule has 4 heteroatoms. The van der Waals surface area contributed by atoms with E-state index in [0.717, 1.165) is 29.8 Å². The Labute approximate surface area is 99.8 Å². The van der Waals surface area contributed by atoms with Gasteiger partial charge in [0.15, 0.2) is 6.29 Å². The minimum Gasteiger partial charge on any atom is -0.494 e. The van der Waals surface area contributed by atoms with E-state index in [4.69, 9.17) is 4.74 Å². The summed E-state index contributed by atoms with van der Waals surface area (Å²) in [5, 5.41) is 4.25. The van der Waals surface area contributed by atoms with Crippen LogP contribution in [0, 0.1) is 0 Å². The Balaban J connectivity index is 2.58. The number of aldehydes is 1. The van der Waals surface area contributed by atoms with Crippen LogP contribution in [0.25, 0.3) is 5.69 Å². The standard InChI is InChI=1S/C13H14N2O2/c1-3-11-8-10(9-16)14-15(11)12-6-4-5-7-13(12)17-2/h4-9H,3H2,1-2H3. The predicted molar refractivity (Wildman–Crippen MR) is 64.9 cm³/mol. The summed E-state index contributed by atoms with van der Waals surface area (Å²) in [7, 11) is 1.62. The lowest BCUT2D eigenvalue weighted by molar-refractivity contribution is 0.111. The van der Waals surface area contributed by atoms with Crippen LogP contribution in [0.4, 0.5) is 0 Å². The number of aryl methyl sites for hydroxylation is 1. The molecule has 0 aliphatic heterocycles. The molecule has 2 aromatic rings. The van der Waals surface area contributed by atoms with Gasteiger partial charge in [-0.25, -0.2) is 4.68 Å². The van der Waals surface area contributed by atoms with E-state index in [-0.39, 0.29) is 0 Å². The second-order valence-corrected chi connectivity index (χ2v) is 3.62. The lowest BCUT2D eigenvalue weighted by Crippen LogP contribution is -2.03. The highest BCUT2D eigenvalue weighted by molar-refractivity contribution is 5.72. The van der Waals surface area contributed by atoms with E-state index < -0.39 is 0 Å². The zero-order valence-electron chi connectivity index (χ0n) is 9.88. The molecular formula is C13H14N2O2. The second-order valence-electron chi connectivity index (χ2n) is 3.62. The minimum absolute atomic E-state index is 0.438. The van der Waals surface area contributed by atoms with E-state index in [2.05, 4.69) is 5.10 Å². The van der Waals surface area contributed by atoms with Gasteiger partial charge in [0.1, 0.15) is 17.1 Å². The summed E-state index contributed by atoms with van der Waals surface area (Å²) >= 11 is 0. The highest BCUT2D eigenvalue weighted by Gasteiger charge is 2.11. The maximum absolute atomic E-state index is 10.8. The number of hydrogen-bond acceptors (Lipinski definition) is 3. The van der Waals surface area contributed by atoms with Crippen LogP contribution in [0.3, 0.4) is 0 Å². The molecule has 0 saturated carbocycles. The number of carbonyl (C=O) groups is 1. The Morgan fingerprint density at radius 1 is 1.41 bits per heavy atom. The number of carbonyl (C=O) groups excluding carboxylic acids is 1. The third-order valence-electron chi connectivity index (χ3n) is 2.60. The summed E-state index contributed by atoms with van der Waals surface area (Å²) in [6.07, 6.45) is 1.56. The van der Waals surface area contributed by atoms with E-state index in [0.29, 0.717) is 5.69 Å². The van der Waals surface area contributed by atoms with Crippen molar-refractivity contribution in [2.45, 2.75) is 13.3 Å². The minimum atomic E-state index is 0.438. The Morgan fingerprint density at radius 2 is 2.18 bits per heavy atom. The van der Waals surface area contributed by atoms with Gasteiger partial charge in [-0.2, -0.15) is 5.10 Å². The van der Waals surface area contributed by atoms with Crippen molar-refractivity contribution < 1.29 is 9.53 Å². The molecule has 0 saturated heterocycles. The molecule has 0 unspecified atom stereocenters. The average Bonchev–Trinajstić information content (AvgIpc) is 2.81. The molecule has 17 heavy (non-hydrogen) atoms. The van der Waals surface area contributed by atoms with Crippen molar-refractivity contribution in [1.82, 2.24) is 9.78 Å². The van der Waals surface area contributed by atoms with Gasteiger partial charge < -0.3 is 4.74 Å². The number of nitrogens with zero attached hydrogens (tertiary/aromatic N) is 2.